The topological polar surface area (TPSA) is 88.9 Å². The van der Waals surface area contributed by atoms with Gasteiger partial charge in [-0.15, -0.1) is 5.10 Å². The van der Waals surface area contributed by atoms with Gasteiger partial charge in [-0.3, -0.25) is 14.9 Å². The van der Waals surface area contributed by atoms with Gasteiger partial charge in [0.05, 0.1) is 5.69 Å². The fourth-order valence-electron chi connectivity index (χ4n) is 2.12. The van der Waals surface area contributed by atoms with Crippen molar-refractivity contribution in [2.45, 2.75) is 6.54 Å². The van der Waals surface area contributed by atoms with Crippen LogP contribution in [0.2, 0.25) is 0 Å². The van der Waals surface area contributed by atoms with Crippen molar-refractivity contribution in [3.63, 3.8) is 0 Å². The van der Waals surface area contributed by atoms with E-state index in [4.69, 9.17) is 0 Å². The molecule has 0 saturated carbocycles. The van der Waals surface area contributed by atoms with Crippen LogP contribution in [0.4, 0.5) is 20.4 Å². The van der Waals surface area contributed by atoms with Crippen LogP contribution in [0.3, 0.4) is 0 Å². The molecule has 0 saturated heterocycles. The largest absolute Gasteiger partial charge is 0.322 e. The third-order valence-electron chi connectivity index (χ3n) is 3.31. The van der Waals surface area contributed by atoms with Crippen LogP contribution in [0.25, 0.3) is 0 Å². The number of hydrogen-bond donors (Lipinski definition) is 2. The molecule has 1 aromatic heterocycles. The van der Waals surface area contributed by atoms with Gasteiger partial charge >= 0.3 is 0 Å². The van der Waals surface area contributed by atoms with Gasteiger partial charge in [0.1, 0.15) is 24.5 Å². The maximum atomic E-state index is 13.5. The lowest BCUT2D eigenvalue weighted by molar-refractivity contribution is -0.116. The number of rotatable bonds is 5. The first-order chi connectivity index (χ1) is 12.5. The number of nitrogens with one attached hydrogen (secondary N) is 2. The van der Waals surface area contributed by atoms with E-state index in [1.807, 2.05) is 0 Å². The normalized spacial score (nSPS) is 10.4. The predicted octanol–water partition coefficient (Wildman–Crippen LogP) is 2.45. The Morgan fingerprint density at radius 2 is 1.81 bits per heavy atom. The summed E-state index contributed by atoms with van der Waals surface area (Å²) in [5, 5.41) is 8.76. The van der Waals surface area contributed by atoms with Crippen molar-refractivity contribution in [2.24, 2.45) is 0 Å². The van der Waals surface area contributed by atoms with Crippen LogP contribution in [0.1, 0.15) is 10.4 Å². The highest BCUT2D eigenvalue weighted by Crippen LogP contribution is 2.14. The molecule has 9 heteroatoms. The van der Waals surface area contributed by atoms with Crippen LogP contribution >= 0.6 is 0 Å². The molecule has 7 nitrogen and oxygen atoms in total. The van der Waals surface area contributed by atoms with E-state index >= 15 is 0 Å². The number of carbonyl (C=O) groups excluding carboxylic acids is 2. The highest BCUT2D eigenvalue weighted by atomic mass is 19.1. The van der Waals surface area contributed by atoms with Crippen LogP contribution in [-0.4, -0.2) is 26.6 Å². The van der Waals surface area contributed by atoms with Gasteiger partial charge in [-0.05, 0) is 24.3 Å². The summed E-state index contributed by atoms with van der Waals surface area (Å²) in [7, 11) is 0. The van der Waals surface area contributed by atoms with Crippen LogP contribution < -0.4 is 10.6 Å². The highest BCUT2D eigenvalue weighted by Gasteiger charge is 2.12. The zero-order chi connectivity index (χ0) is 18.5. The van der Waals surface area contributed by atoms with Crippen molar-refractivity contribution >= 4 is 23.5 Å². The molecular formula is C17H13F2N5O2. The molecule has 132 valence electrons. The van der Waals surface area contributed by atoms with Crippen molar-refractivity contribution in [3.05, 3.63) is 72.1 Å². The number of anilines is 2. The Labute approximate surface area is 146 Å². The molecule has 0 aliphatic heterocycles. The second kappa shape index (κ2) is 7.51. The molecule has 0 bridgehead atoms. The quantitative estimate of drug-likeness (QED) is 0.734. The number of carbonyl (C=O) groups is 2. The van der Waals surface area contributed by atoms with E-state index in [0.717, 1.165) is 12.1 Å². The molecule has 2 aromatic carbocycles. The SMILES string of the molecule is O=C(Cn1cnc(NC(=O)c2ccccc2)n1)Nc1ccc(F)cc1F. The predicted molar refractivity (Wildman–Crippen MR) is 89.4 cm³/mol. The summed E-state index contributed by atoms with van der Waals surface area (Å²) in [5.41, 5.74) is 0.294. The molecular weight excluding hydrogens is 344 g/mol. The van der Waals surface area contributed by atoms with Crippen LogP contribution in [0, 0.1) is 11.6 Å². The maximum absolute atomic E-state index is 13.5. The van der Waals surface area contributed by atoms with E-state index < -0.39 is 17.5 Å². The van der Waals surface area contributed by atoms with Crippen molar-refractivity contribution in [1.29, 1.82) is 0 Å². The standard InChI is InChI=1S/C17H13F2N5O2/c18-12-6-7-14(13(19)8-12)21-15(25)9-24-10-20-17(23-24)22-16(26)11-4-2-1-3-5-11/h1-8,10H,9H2,(H,21,25)(H,22,23,26). The molecule has 2 amide bonds. The number of nitrogens with zero attached hydrogens (tertiary/aromatic N) is 3. The summed E-state index contributed by atoms with van der Waals surface area (Å²) in [6.07, 6.45) is 1.25. The van der Waals surface area contributed by atoms with Gasteiger partial charge in [-0.25, -0.2) is 18.4 Å². The van der Waals surface area contributed by atoms with Gasteiger partial charge in [-0.2, -0.15) is 0 Å². The third kappa shape index (κ3) is 4.26. The average Bonchev–Trinajstić information content (AvgIpc) is 3.05. The summed E-state index contributed by atoms with van der Waals surface area (Å²) >= 11 is 0. The first kappa shape index (κ1) is 17.2. The number of aromatic nitrogens is 3. The molecule has 3 rings (SSSR count). The number of benzene rings is 2. The van der Waals surface area contributed by atoms with Crippen LogP contribution in [-0.2, 0) is 11.3 Å². The summed E-state index contributed by atoms with van der Waals surface area (Å²) in [6.45, 7) is -0.259. The van der Waals surface area contributed by atoms with Gasteiger partial charge in [0.2, 0.25) is 11.9 Å². The Morgan fingerprint density at radius 1 is 1.04 bits per heavy atom. The molecule has 0 spiro atoms. The second-order valence-electron chi connectivity index (χ2n) is 5.26. The van der Waals surface area contributed by atoms with Gasteiger partial charge in [0.15, 0.2) is 0 Å². The van der Waals surface area contributed by atoms with Gasteiger partial charge in [0, 0.05) is 11.6 Å². The van der Waals surface area contributed by atoms with Gasteiger partial charge < -0.3 is 5.32 Å². The number of halogens is 2. The molecule has 0 atom stereocenters. The zero-order valence-corrected chi connectivity index (χ0v) is 13.3. The fourth-order valence-corrected chi connectivity index (χ4v) is 2.12. The van der Waals surface area contributed by atoms with Crippen molar-refractivity contribution in [3.8, 4) is 0 Å². The van der Waals surface area contributed by atoms with Crippen molar-refractivity contribution in [2.75, 3.05) is 10.6 Å². The van der Waals surface area contributed by atoms with Crippen molar-refractivity contribution in [1.82, 2.24) is 14.8 Å². The van der Waals surface area contributed by atoms with Gasteiger partial charge in [-0.1, -0.05) is 18.2 Å². The summed E-state index contributed by atoms with van der Waals surface area (Å²) < 4.78 is 27.6. The average molecular weight is 357 g/mol. The van der Waals surface area contributed by atoms with E-state index in [1.165, 1.54) is 11.0 Å². The van der Waals surface area contributed by atoms with Crippen LogP contribution in [0.5, 0.6) is 0 Å². The molecule has 0 radical (unpaired) electrons. The monoisotopic (exact) mass is 357 g/mol. The summed E-state index contributed by atoms with van der Waals surface area (Å²) in [6, 6.07) is 11.3. The summed E-state index contributed by atoms with van der Waals surface area (Å²) in [5.74, 6) is -2.56. The van der Waals surface area contributed by atoms with Crippen LogP contribution in [0.15, 0.2) is 54.9 Å². The molecule has 0 unspecified atom stereocenters. The first-order valence-corrected chi connectivity index (χ1v) is 7.52. The Morgan fingerprint density at radius 3 is 2.54 bits per heavy atom. The molecule has 2 N–H and O–H groups in total. The Hall–Kier alpha value is -3.62. The lowest BCUT2D eigenvalue weighted by Crippen LogP contribution is -2.20. The molecule has 1 heterocycles. The minimum absolute atomic E-state index is 0.0274. The summed E-state index contributed by atoms with van der Waals surface area (Å²) in [4.78, 5) is 27.8. The smallest absolute Gasteiger partial charge is 0.258 e. The van der Waals surface area contributed by atoms with Gasteiger partial charge in [0.25, 0.3) is 5.91 Å². The fraction of sp³-hybridized carbons (Fsp3) is 0.0588. The zero-order valence-electron chi connectivity index (χ0n) is 13.3. The Balaban J connectivity index is 1.59. The molecule has 26 heavy (non-hydrogen) atoms. The first-order valence-electron chi connectivity index (χ1n) is 7.52. The highest BCUT2D eigenvalue weighted by molar-refractivity contribution is 6.03. The number of hydrogen-bond acceptors (Lipinski definition) is 4. The Kier molecular flexibility index (Phi) is 4.97. The van der Waals surface area contributed by atoms with Crippen molar-refractivity contribution < 1.29 is 18.4 Å². The minimum atomic E-state index is -0.882. The molecule has 0 aliphatic carbocycles. The van der Waals surface area contributed by atoms with E-state index in [9.17, 15) is 18.4 Å². The lowest BCUT2D eigenvalue weighted by Gasteiger charge is -2.06. The van der Waals surface area contributed by atoms with E-state index in [2.05, 4.69) is 20.7 Å². The molecule has 0 aliphatic rings. The minimum Gasteiger partial charge on any atom is -0.322 e. The maximum Gasteiger partial charge on any atom is 0.258 e. The number of amides is 2. The lowest BCUT2D eigenvalue weighted by atomic mass is 10.2. The molecule has 0 fully saturated rings. The third-order valence-corrected chi connectivity index (χ3v) is 3.31. The Bertz CT molecular complexity index is 943. The molecule has 3 aromatic rings. The second-order valence-corrected chi connectivity index (χ2v) is 5.26. The van der Waals surface area contributed by atoms with E-state index in [-0.39, 0.29) is 24.1 Å². The van der Waals surface area contributed by atoms with E-state index in [1.54, 1.807) is 30.3 Å². The van der Waals surface area contributed by atoms with E-state index in [0.29, 0.717) is 11.6 Å².